The number of rotatable bonds is 3. The Hall–Kier alpha value is -1.47. The lowest BCUT2D eigenvalue weighted by molar-refractivity contribution is -0.148. The standard InChI is InChI=1S/C11H14N2O4S/c1-7-8(18-6-12-7)9(14)13-11(10(15)16)2-4-17-5-3-11/h6H,2-5H2,1H3,(H,13,14)(H,15,16). The first kappa shape index (κ1) is 13.0. The summed E-state index contributed by atoms with van der Waals surface area (Å²) >= 11 is 1.21. The summed E-state index contributed by atoms with van der Waals surface area (Å²) in [5.74, 6) is -1.39. The van der Waals surface area contributed by atoms with Gasteiger partial charge >= 0.3 is 5.97 Å². The van der Waals surface area contributed by atoms with Crippen LogP contribution >= 0.6 is 11.3 Å². The molecule has 0 atom stereocenters. The third-order valence-corrected chi connectivity index (χ3v) is 3.99. The number of carbonyl (C=O) groups is 2. The highest BCUT2D eigenvalue weighted by molar-refractivity contribution is 7.11. The Labute approximate surface area is 108 Å². The SMILES string of the molecule is Cc1ncsc1C(=O)NC1(C(=O)O)CCOCC1. The van der Waals surface area contributed by atoms with Gasteiger partial charge in [0.15, 0.2) is 0 Å². The molecule has 1 fully saturated rings. The molecule has 1 aromatic heterocycles. The molecule has 1 aliphatic rings. The van der Waals surface area contributed by atoms with Crippen molar-refractivity contribution in [3.63, 3.8) is 0 Å². The molecule has 0 radical (unpaired) electrons. The largest absolute Gasteiger partial charge is 0.480 e. The van der Waals surface area contributed by atoms with Crippen molar-refractivity contribution in [2.45, 2.75) is 25.3 Å². The molecule has 1 saturated heterocycles. The number of carbonyl (C=O) groups excluding carboxylic acids is 1. The number of nitrogens with zero attached hydrogens (tertiary/aromatic N) is 1. The van der Waals surface area contributed by atoms with E-state index in [2.05, 4.69) is 10.3 Å². The van der Waals surface area contributed by atoms with Crippen LogP contribution in [0, 0.1) is 6.92 Å². The maximum absolute atomic E-state index is 12.1. The first-order chi connectivity index (χ1) is 8.55. The molecule has 98 valence electrons. The van der Waals surface area contributed by atoms with Crippen LogP contribution in [-0.2, 0) is 9.53 Å². The van der Waals surface area contributed by atoms with Crippen LogP contribution in [0.5, 0.6) is 0 Å². The van der Waals surface area contributed by atoms with Gasteiger partial charge < -0.3 is 15.2 Å². The monoisotopic (exact) mass is 270 g/mol. The van der Waals surface area contributed by atoms with Gasteiger partial charge in [-0.3, -0.25) is 4.79 Å². The van der Waals surface area contributed by atoms with Crippen LogP contribution in [0.25, 0.3) is 0 Å². The van der Waals surface area contributed by atoms with Crippen LogP contribution in [0.2, 0.25) is 0 Å². The van der Waals surface area contributed by atoms with Crippen molar-refractivity contribution in [3.8, 4) is 0 Å². The average molecular weight is 270 g/mol. The molecule has 1 aliphatic heterocycles. The fourth-order valence-electron chi connectivity index (χ4n) is 1.91. The molecule has 18 heavy (non-hydrogen) atoms. The smallest absolute Gasteiger partial charge is 0.329 e. The van der Waals surface area contributed by atoms with Crippen molar-refractivity contribution in [2.75, 3.05) is 13.2 Å². The van der Waals surface area contributed by atoms with Crippen molar-refractivity contribution in [1.82, 2.24) is 10.3 Å². The number of aryl methyl sites for hydroxylation is 1. The second kappa shape index (κ2) is 5.03. The minimum absolute atomic E-state index is 0.284. The van der Waals surface area contributed by atoms with Crippen LogP contribution < -0.4 is 5.32 Å². The Morgan fingerprint density at radius 3 is 2.67 bits per heavy atom. The zero-order chi connectivity index (χ0) is 13.2. The van der Waals surface area contributed by atoms with Gasteiger partial charge in [-0.1, -0.05) is 0 Å². The van der Waals surface area contributed by atoms with Gasteiger partial charge in [0, 0.05) is 26.1 Å². The van der Waals surface area contributed by atoms with Crippen molar-refractivity contribution in [3.05, 3.63) is 16.1 Å². The van der Waals surface area contributed by atoms with E-state index in [4.69, 9.17) is 4.74 Å². The van der Waals surface area contributed by atoms with Crippen molar-refractivity contribution in [2.24, 2.45) is 0 Å². The van der Waals surface area contributed by atoms with Gasteiger partial charge in [-0.2, -0.15) is 0 Å². The number of amides is 1. The Bertz CT molecular complexity index is 465. The number of aromatic nitrogens is 1. The molecule has 1 amide bonds. The fourth-order valence-corrected chi connectivity index (χ4v) is 2.60. The predicted octanol–water partition coefficient (Wildman–Crippen LogP) is 0.815. The third kappa shape index (κ3) is 2.37. The van der Waals surface area contributed by atoms with E-state index >= 15 is 0 Å². The van der Waals surface area contributed by atoms with E-state index in [0.29, 0.717) is 23.8 Å². The average Bonchev–Trinajstić information content (AvgIpc) is 2.76. The molecule has 0 spiro atoms. The lowest BCUT2D eigenvalue weighted by Gasteiger charge is -2.33. The van der Waals surface area contributed by atoms with E-state index in [-0.39, 0.29) is 18.7 Å². The predicted molar refractivity (Wildman–Crippen MR) is 64.7 cm³/mol. The van der Waals surface area contributed by atoms with E-state index in [0.717, 1.165) is 0 Å². The maximum atomic E-state index is 12.1. The summed E-state index contributed by atoms with van der Waals surface area (Å²) in [6.45, 7) is 2.41. The van der Waals surface area contributed by atoms with Crippen LogP contribution in [0.3, 0.4) is 0 Å². The number of carboxylic acid groups (broad SMARTS) is 1. The van der Waals surface area contributed by atoms with Crippen molar-refractivity contribution >= 4 is 23.2 Å². The Balaban J connectivity index is 2.17. The van der Waals surface area contributed by atoms with Gasteiger partial charge in [-0.15, -0.1) is 11.3 Å². The molecule has 0 aliphatic carbocycles. The number of hydrogen-bond acceptors (Lipinski definition) is 5. The first-order valence-electron chi connectivity index (χ1n) is 5.59. The molecule has 2 N–H and O–H groups in total. The summed E-state index contributed by atoms with van der Waals surface area (Å²) < 4.78 is 5.15. The Kier molecular flexibility index (Phi) is 3.63. The van der Waals surface area contributed by atoms with Gasteiger partial charge in [0.2, 0.25) is 0 Å². The normalized spacial score (nSPS) is 18.3. The summed E-state index contributed by atoms with van der Waals surface area (Å²) in [5, 5.41) is 11.9. The zero-order valence-corrected chi connectivity index (χ0v) is 10.7. The number of carboxylic acids is 1. The summed E-state index contributed by atoms with van der Waals surface area (Å²) in [6.07, 6.45) is 0.567. The molecule has 0 unspecified atom stereocenters. The first-order valence-corrected chi connectivity index (χ1v) is 6.47. The highest BCUT2D eigenvalue weighted by Crippen LogP contribution is 2.23. The highest BCUT2D eigenvalue weighted by atomic mass is 32.1. The summed E-state index contributed by atoms with van der Waals surface area (Å²) in [7, 11) is 0. The van der Waals surface area contributed by atoms with E-state index in [1.165, 1.54) is 11.3 Å². The third-order valence-electron chi connectivity index (χ3n) is 3.06. The second-order valence-electron chi connectivity index (χ2n) is 4.22. The summed E-state index contributed by atoms with van der Waals surface area (Å²) in [6, 6.07) is 0. The van der Waals surface area contributed by atoms with Crippen molar-refractivity contribution < 1.29 is 19.4 Å². The van der Waals surface area contributed by atoms with Gasteiger partial charge in [-0.25, -0.2) is 9.78 Å². The van der Waals surface area contributed by atoms with E-state index in [9.17, 15) is 14.7 Å². The van der Waals surface area contributed by atoms with Gasteiger partial charge in [-0.05, 0) is 6.92 Å². The fraction of sp³-hybridized carbons (Fsp3) is 0.545. The molecule has 0 bridgehead atoms. The maximum Gasteiger partial charge on any atom is 0.329 e. The molecule has 2 heterocycles. The van der Waals surface area contributed by atoms with Crippen LogP contribution in [0.4, 0.5) is 0 Å². The van der Waals surface area contributed by atoms with Gasteiger partial charge in [0.1, 0.15) is 10.4 Å². The topological polar surface area (TPSA) is 88.5 Å². The lowest BCUT2D eigenvalue weighted by Crippen LogP contribution is -2.57. The molecule has 2 rings (SSSR count). The van der Waals surface area contributed by atoms with Crippen LogP contribution in [0.15, 0.2) is 5.51 Å². The number of nitrogens with one attached hydrogen (secondary N) is 1. The molecule has 0 aromatic carbocycles. The second-order valence-corrected chi connectivity index (χ2v) is 5.08. The molecule has 1 aromatic rings. The van der Waals surface area contributed by atoms with Crippen molar-refractivity contribution in [1.29, 1.82) is 0 Å². The molecule has 7 heteroatoms. The quantitative estimate of drug-likeness (QED) is 0.848. The number of thiazole rings is 1. The molecule has 0 saturated carbocycles. The number of aliphatic carboxylic acids is 1. The zero-order valence-electron chi connectivity index (χ0n) is 9.93. The van der Waals surface area contributed by atoms with Crippen LogP contribution in [-0.4, -0.2) is 40.7 Å². The number of hydrogen-bond donors (Lipinski definition) is 2. The minimum Gasteiger partial charge on any atom is -0.480 e. The highest BCUT2D eigenvalue weighted by Gasteiger charge is 2.42. The molecular formula is C11H14N2O4S. The molecular weight excluding hydrogens is 256 g/mol. The van der Waals surface area contributed by atoms with Gasteiger partial charge in [0.05, 0.1) is 11.2 Å². The summed E-state index contributed by atoms with van der Waals surface area (Å²) in [5.41, 5.74) is 0.970. The van der Waals surface area contributed by atoms with E-state index < -0.39 is 11.5 Å². The van der Waals surface area contributed by atoms with Crippen LogP contribution in [0.1, 0.15) is 28.2 Å². The van der Waals surface area contributed by atoms with Gasteiger partial charge in [0.25, 0.3) is 5.91 Å². The number of ether oxygens (including phenoxy) is 1. The Morgan fingerprint density at radius 1 is 1.50 bits per heavy atom. The minimum atomic E-state index is -1.22. The molecule has 6 nitrogen and oxygen atoms in total. The Morgan fingerprint density at radius 2 is 2.17 bits per heavy atom. The van der Waals surface area contributed by atoms with E-state index in [1.807, 2.05) is 0 Å². The van der Waals surface area contributed by atoms with E-state index in [1.54, 1.807) is 12.4 Å². The lowest BCUT2D eigenvalue weighted by atomic mass is 9.90. The summed E-state index contributed by atoms with van der Waals surface area (Å²) in [4.78, 5) is 27.9.